The van der Waals surface area contributed by atoms with Crippen molar-refractivity contribution in [3.63, 3.8) is 0 Å². The third kappa shape index (κ3) is 1.98. The van der Waals surface area contributed by atoms with Crippen LogP contribution in [0.5, 0.6) is 0 Å². The van der Waals surface area contributed by atoms with Crippen molar-refractivity contribution in [2.45, 2.75) is 19.4 Å². The average Bonchev–Trinajstić information content (AvgIpc) is 2.94. The first kappa shape index (κ1) is 10.9. The number of benzene rings is 1. The number of aromatic nitrogens is 4. The van der Waals surface area contributed by atoms with Gasteiger partial charge in [0.05, 0.1) is 23.5 Å². The van der Waals surface area contributed by atoms with Gasteiger partial charge < -0.3 is 15.2 Å². The summed E-state index contributed by atoms with van der Waals surface area (Å²) in [6, 6.07) is 7.61. The summed E-state index contributed by atoms with van der Waals surface area (Å²) in [5.41, 5.74) is 7.60. The normalized spacial score (nSPS) is 13.0. The molecule has 0 unspecified atom stereocenters. The summed E-state index contributed by atoms with van der Waals surface area (Å²) >= 11 is 0. The molecule has 0 bridgehead atoms. The van der Waals surface area contributed by atoms with Crippen molar-refractivity contribution in [3.8, 4) is 0 Å². The van der Waals surface area contributed by atoms with Gasteiger partial charge in [-0.3, -0.25) is 0 Å². The van der Waals surface area contributed by atoms with Crippen LogP contribution < -0.4 is 5.73 Å². The van der Waals surface area contributed by atoms with E-state index >= 15 is 0 Å². The first-order valence-corrected chi connectivity index (χ1v) is 5.74. The molecule has 1 aromatic carbocycles. The van der Waals surface area contributed by atoms with Gasteiger partial charge in [-0.2, -0.15) is 4.98 Å². The van der Waals surface area contributed by atoms with Crippen LogP contribution in [0.25, 0.3) is 11.0 Å². The van der Waals surface area contributed by atoms with Crippen LogP contribution in [-0.2, 0) is 6.42 Å². The summed E-state index contributed by atoms with van der Waals surface area (Å²) in [5.74, 6) is 1.84. The van der Waals surface area contributed by atoms with Crippen molar-refractivity contribution >= 4 is 11.0 Å². The molecule has 6 nitrogen and oxygen atoms in total. The number of H-pyrrole nitrogens is 1. The second-order valence-electron chi connectivity index (χ2n) is 4.21. The number of hydrogen-bond acceptors (Lipinski definition) is 5. The molecule has 2 heterocycles. The van der Waals surface area contributed by atoms with Crippen LogP contribution in [0.4, 0.5) is 0 Å². The molecule has 0 radical (unpaired) electrons. The predicted molar refractivity (Wildman–Crippen MR) is 65.8 cm³/mol. The Kier molecular flexibility index (Phi) is 2.56. The first-order chi connectivity index (χ1) is 8.72. The summed E-state index contributed by atoms with van der Waals surface area (Å²) in [5, 5.41) is 3.88. The molecule has 0 saturated heterocycles. The number of nitrogens with one attached hydrogen (secondary N) is 1. The number of hydrogen-bond donors (Lipinski definition) is 2. The summed E-state index contributed by atoms with van der Waals surface area (Å²) in [7, 11) is 0. The molecule has 3 rings (SSSR count). The molecule has 2 aromatic heterocycles. The predicted octanol–water partition coefficient (Wildman–Crippen LogP) is 1.56. The zero-order chi connectivity index (χ0) is 12.5. The van der Waals surface area contributed by atoms with Gasteiger partial charge in [0.1, 0.15) is 5.82 Å². The third-order valence-corrected chi connectivity index (χ3v) is 2.64. The van der Waals surface area contributed by atoms with Crippen LogP contribution in [0, 0.1) is 0 Å². The number of aromatic amines is 1. The van der Waals surface area contributed by atoms with Gasteiger partial charge in [-0.05, 0) is 19.1 Å². The minimum absolute atomic E-state index is 0.248. The standard InChI is InChI=1S/C12H13N5O/c1-7(13)12-16-11(17-18-12)6-10-14-8-4-2-3-5-9(8)15-10/h2-5,7H,6,13H2,1H3,(H,14,15)/t7-/m0/s1. The third-order valence-electron chi connectivity index (χ3n) is 2.64. The molecule has 0 aliphatic rings. The zero-order valence-corrected chi connectivity index (χ0v) is 9.92. The van der Waals surface area contributed by atoms with Crippen LogP contribution in [0.2, 0.25) is 0 Å². The van der Waals surface area contributed by atoms with Crippen molar-refractivity contribution in [2.75, 3.05) is 0 Å². The maximum atomic E-state index is 5.66. The number of imidazole rings is 1. The van der Waals surface area contributed by atoms with Crippen LogP contribution >= 0.6 is 0 Å². The minimum atomic E-state index is -0.248. The zero-order valence-electron chi connectivity index (χ0n) is 9.92. The smallest absolute Gasteiger partial charge is 0.243 e. The molecule has 0 amide bonds. The summed E-state index contributed by atoms with van der Waals surface area (Å²) in [4.78, 5) is 11.9. The van der Waals surface area contributed by atoms with E-state index in [1.54, 1.807) is 6.92 Å². The van der Waals surface area contributed by atoms with Gasteiger partial charge in [-0.25, -0.2) is 4.98 Å². The molecule has 0 aliphatic carbocycles. The Morgan fingerprint density at radius 1 is 1.33 bits per heavy atom. The summed E-state index contributed by atoms with van der Waals surface area (Å²) in [6.45, 7) is 1.80. The molecule has 0 aliphatic heterocycles. The highest BCUT2D eigenvalue weighted by atomic mass is 16.5. The Hall–Kier alpha value is -2.21. The Morgan fingerprint density at radius 2 is 2.17 bits per heavy atom. The molecule has 3 N–H and O–H groups in total. The van der Waals surface area contributed by atoms with Gasteiger partial charge in [0.25, 0.3) is 0 Å². The summed E-state index contributed by atoms with van der Waals surface area (Å²) in [6.07, 6.45) is 0.505. The number of rotatable bonds is 3. The Bertz CT molecular complexity index is 637. The van der Waals surface area contributed by atoms with Gasteiger partial charge in [0.2, 0.25) is 5.89 Å². The number of fused-ring (bicyclic) bond motifs is 1. The molecule has 0 spiro atoms. The fourth-order valence-electron chi connectivity index (χ4n) is 1.76. The van der Waals surface area contributed by atoms with Gasteiger partial charge in [-0.1, -0.05) is 17.3 Å². The van der Waals surface area contributed by atoms with E-state index in [9.17, 15) is 0 Å². The molecule has 6 heteroatoms. The Labute approximate surface area is 103 Å². The fourth-order valence-corrected chi connectivity index (χ4v) is 1.76. The van der Waals surface area contributed by atoms with E-state index in [4.69, 9.17) is 10.3 Å². The SMILES string of the molecule is C[C@H](N)c1nc(Cc2nc3ccccc3[nH]2)no1. The lowest BCUT2D eigenvalue weighted by Crippen LogP contribution is -2.05. The van der Waals surface area contributed by atoms with E-state index < -0.39 is 0 Å². The molecular weight excluding hydrogens is 230 g/mol. The molecule has 18 heavy (non-hydrogen) atoms. The van der Waals surface area contributed by atoms with Crippen molar-refractivity contribution in [1.82, 2.24) is 20.1 Å². The Morgan fingerprint density at radius 3 is 2.89 bits per heavy atom. The highest BCUT2D eigenvalue weighted by molar-refractivity contribution is 5.74. The van der Waals surface area contributed by atoms with Crippen molar-refractivity contribution in [3.05, 3.63) is 41.8 Å². The number of para-hydroxylation sites is 2. The first-order valence-electron chi connectivity index (χ1n) is 5.74. The second-order valence-corrected chi connectivity index (χ2v) is 4.21. The maximum Gasteiger partial charge on any atom is 0.243 e. The van der Waals surface area contributed by atoms with Crippen molar-refractivity contribution < 1.29 is 4.52 Å². The highest BCUT2D eigenvalue weighted by Crippen LogP contribution is 2.13. The van der Waals surface area contributed by atoms with E-state index in [0.29, 0.717) is 18.1 Å². The lowest BCUT2D eigenvalue weighted by atomic mass is 10.3. The quantitative estimate of drug-likeness (QED) is 0.728. The summed E-state index contributed by atoms with van der Waals surface area (Å²) < 4.78 is 5.04. The molecule has 1 atom stereocenters. The van der Waals surface area contributed by atoms with Crippen molar-refractivity contribution in [1.29, 1.82) is 0 Å². The molecule has 0 saturated carbocycles. The molecular formula is C12H13N5O. The van der Waals surface area contributed by atoms with Gasteiger partial charge >= 0.3 is 0 Å². The lowest BCUT2D eigenvalue weighted by Gasteiger charge is -1.92. The van der Waals surface area contributed by atoms with E-state index in [1.165, 1.54) is 0 Å². The van der Waals surface area contributed by atoms with Gasteiger partial charge in [0.15, 0.2) is 5.82 Å². The van der Waals surface area contributed by atoms with E-state index in [2.05, 4.69) is 20.1 Å². The van der Waals surface area contributed by atoms with Crippen LogP contribution in [0.3, 0.4) is 0 Å². The van der Waals surface area contributed by atoms with Crippen LogP contribution in [-0.4, -0.2) is 20.1 Å². The lowest BCUT2D eigenvalue weighted by molar-refractivity contribution is 0.357. The second kappa shape index (κ2) is 4.23. The number of nitrogens with zero attached hydrogens (tertiary/aromatic N) is 3. The van der Waals surface area contributed by atoms with E-state index in [-0.39, 0.29) is 6.04 Å². The molecule has 92 valence electrons. The molecule has 3 aromatic rings. The van der Waals surface area contributed by atoms with Crippen LogP contribution in [0.1, 0.15) is 30.5 Å². The van der Waals surface area contributed by atoms with E-state index in [1.807, 2.05) is 24.3 Å². The minimum Gasteiger partial charge on any atom is -0.342 e. The Balaban J connectivity index is 1.86. The fraction of sp³-hybridized carbons (Fsp3) is 0.250. The highest BCUT2D eigenvalue weighted by Gasteiger charge is 2.12. The maximum absolute atomic E-state index is 5.66. The molecule has 0 fully saturated rings. The average molecular weight is 243 g/mol. The monoisotopic (exact) mass is 243 g/mol. The van der Waals surface area contributed by atoms with Gasteiger partial charge in [-0.15, -0.1) is 0 Å². The largest absolute Gasteiger partial charge is 0.342 e. The van der Waals surface area contributed by atoms with Crippen molar-refractivity contribution in [2.24, 2.45) is 5.73 Å². The van der Waals surface area contributed by atoms with Gasteiger partial charge in [0, 0.05) is 0 Å². The topological polar surface area (TPSA) is 93.6 Å². The number of nitrogens with two attached hydrogens (primary N) is 1. The van der Waals surface area contributed by atoms with E-state index in [0.717, 1.165) is 16.9 Å². The van der Waals surface area contributed by atoms with Crippen LogP contribution in [0.15, 0.2) is 28.8 Å².